The van der Waals surface area contributed by atoms with E-state index in [0.717, 1.165) is 5.56 Å². The number of para-hydroxylation sites is 1. The van der Waals surface area contributed by atoms with Crippen molar-refractivity contribution in [2.24, 2.45) is 0 Å². The average Bonchev–Trinajstić information content (AvgIpc) is 2.62. The number of aliphatic hydroxyl groups is 1. The molecule has 0 heterocycles. The van der Waals surface area contributed by atoms with E-state index in [0.29, 0.717) is 29.8 Å². The Labute approximate surface area is 157 Å². The molecule has 0 aliphatic heterocycles. The van der Waals surface area contributed by atoms with Gasteiger partial charge in [0.1, 0.15) is 0 Å². The van der Waals surface area contributed by atoms with E-state index in [-0.39, 0.29) is 23.5 Å². The van der Waals surface area contributed by atoms with Gasteiger partial charge in [-0.2, -0.15) is 0 Å². The molecule has 26 heavy (non-hydrogen) atoms. The summed E-state index contributed by atoms with van der Waals surface area (Å²) in [5, 5.41) is 17.1. The molecular formula is C19H21N3O3S. The number of carbonyl (C=O) groups is 2. The molecule has 0 atom stereocenters. The molecular weight excluding hydrogens is 350 g/mol. The molecule has 7 heteroatoms. The molecule has 2 aromatic carbocycles. The lowest BCUT2D eigenvalue weighted by Crippen LogP contribution is -2.35. The molecule has 0 aliphatic carbocycles. The molecule has 2 aromatic rings. The van der Waals surface area contributed by atoms with E-state index in [1.165, 1.54) is 0 Å². The molecule has 0 saturated carbocycles. The van der Waals surface area contributed by atoms with Gasteiger partial charge in [0.25, 0.3) is 11.8 Å². The molecule has 0 aliphatic rings. The number of benzene rings is 2. The number of hydrogen-bond acceptors (Lipinski definition) is 4. The number of carbonyl (C=O) groups excluding carboxylic acids is 2. The Balaban J connectivity index is 2.04. The highest BCUT2D eigenvalue weighted by Gasteiger charge is 2.14. The maximum atomic E-state index is 12.3. The van der Waals surface area contributed by atoms with Gasteiger partial charge in [-0.1, -0.05) is 30.3 Å². The normalized spacial score (nSPS) is 10.1. The molecule has 4 N–H and O–H groups in total. The van der Waals surface area contributed by atoms with Gasteiger partial charge in [-0.15, -0.1) is 0 Å². The van der Waals surface area contributed by atoms with Crippen LogP contribution in [0.15, 0.2) is 48.5 Å². The van der Waals surface area contributed by atoms with E-state index in [9.17, 15) is 9.59 Å². The molecule has 136 valence electrons. The average molecular weight is 371 g/mol. The minimum Gasteiger partial charge on any atom is -0.396 e. The van der Waals surface area contributed by atoms with Crippen LogP contribution in [0.25, 0.3) is 0 Å². The van der Waals surface area contributed by atoms with Gasteiger partial charge in [-0.3, -0.25) is 14.9 Å². The van der Waals surface area contributed by atoms with Crippen LogP contribution < -0.4 is 16.0 Å². The summed E-state index contributed by atoms with van der Waals surface area (Å²) >= 11 is 5.20. The Hall–Kier alpha value is -2.77. The lowest BCUT2D eigenvalue weighted by atomic mass is 10.1. The Morgan fingerprint density at radius 2 is 1.65 bits per heavy atom. The maximum absolute atomic E-state index is 12.3. The van der Waals surface area contributed by atoms with Crippen molar-refractivity contribution in [3.05, 3.63) is 65.2 Å². The van der Waals surface area contributed by atoms with Crippen LogP contribution in [-0.4, -0.2) is 35.2 Å². The maximum Gasteiger partial charge on any atom is 0.257 e. The predicted molar refractivity (Wildman–Crippen MR) is 105 cm³/mol. The highest BCUT2D eigenvalue weighted by atomic mass is 32.1. The molecule has 0 fully saturated rings. The molecule has 0 spiro atoms. The van der Waals surface area contributed by atoms with Gasteiger partial charge in [0.05, 0.1) is 11.3 Å². The molecule has 2 rings (SSSR count). The van der Waals surface area contributed by atoms with E-state index in [4.69, 9.17) is 17.3 Å². The van der Waals surface area contributed by atoms with Crippen molar-refractivity contribution in [3.8, 4) is 0 Å². The summed E-state index contributed by atoms with van der Waals surface area (Å²) in [7, 11) is 0. The largest absolute Gasteiger partial charge is 0.396 e. The van der Waals surface area contributed by atoms with Crippen molar-refractivity contribution in [1.82, 2.24) is 10.6 Å². The number of anilines is 1. The monoisotopic (exact) mass is 371 g/mol. The second-order valence-corrected chi connectivity index (χ2v) is 6.01. The second-order valence-electron chi connectivity index (χ2n) is 5.60. The summed E-state index contributed by atoms with van der Waals surface area (Å²) < 4.78 is 0. The number of aryl methyl sites for hydroxylation is 1. The van der Waals surface area contributed by atoms with Crippen LogP contribution in [0.1, 0.15) is 32.7 Å². The van der Waals surface area contributed by atoms with Gasteiger partial charge < -0.3 is 15.7 Å². The highest BCUT2D eigenvalue weighted by Crippen LogP contribution is 2.15. The molecule has 0 saturated heterocycles. The van der Waals surface area contributed by atoms with Crippen molar-refractivity contribution in [2.45, 2.75) is 13.3 Å². The first-order valence-corrected chi connectivity index (χ1v) is 8.60. The molecule has 2 amide bonds. The van der Waals surface area contributed by atoms with Gasteiger partial charge >= 0.3 is 0 Å². The molecule has 6 nitrogen and oxygen atoms in total. The Morgan fingerprint density at radius 3 is 2.35 bits per heavy atom. The van der Waals surface area contributed by atoms with E-state index in [1.807, 2.05) is 19.1 Å². The minimum atomic E-state index is -0.314. The van der Waals surface area contributed by atoms with Gasteiger partial charge in [-0.05, 0) is 49.3 Å². The highest BCUT2D eigenvalue weighted by molar-refractivity contribution is 7.80. The molecule has 0 radical (unpaired) electrons. The SMILES string of the molecule is Cc1ccccc1C(=O)NC(=S)Nc1ccccc1C(=O)NCCCO. The van der Waals surface area contributed by atoms with Crippen molar-refractivity contribution < 1.29 is 14.7 Å². The molecule has 0 aromatic heterocycles. The van der Waals surface area contributed by atoms with Crippen LogP contribution in [0.4, 0.5) is 5.69 Å². The summed E-state index contributed by atoms with van der Waals surface area (Å²) in [6, 6.07) is 14.1. The van der Waals surface area contributed by atoms with Crippen molar-refractivity contribution >= 4 is 34.8 Å². The quantitative estimate of drug-likeness (QED) is 0.462. The zero-order valence-electron chi connectivity index (χ0n) is 14.4. The Morgan fingerprint density at radius 1 is 1.00 bits per heavy atom. The third-order valence-corrected chi connectivity index (χ3v) is 3.86. The number of hydrogen-bond donors (Lipinski definition) is 4. The summed E-state index contributed by atoms with van der Waals surface area (Å²) in [6.45, 7) is 2.23. The fourth-order valence-electron chi connectivity index (χ4n) is 2.32. The summed E-state index contributed by atoms with van der Waals surface area (Å²) in [5.41, 5.74) is 2.27. The van der Waals surface area contributed by atoms with Crippen molar-refractivity contribution in [2.75, 3.05) is 18.5 Å². The number of thiocarbonyl (C=S) groups is 1. The standard InChI is InChI=1S/C19H21N3O3S/c1-13-7-2-3-8-14(13)18(25)22-19(26)21-16-10-5-4-9-15(16)17(24)20-11-6-12-23/h2-5,7-10,23H,6,11-12H2,1H3,(H,20,24)(H2,21,22,25,26). The molecule has 0 bridgehead atoms. The summed E-state index contributed by atoms with van der Waals surface area (Å²) in [4.78, 5) is 24.6. The zero-order valence-corrected chi connectivity index (χ0v) is 15.2. The van der Waals surface area contributed by atoms with Gasteiger partial charge in [0.15, 0.2) is 5.11 Å². The lowest BCUT2D eigenvalue weighted by Gasteiger charge is -2.14. The van der Waals surface area contributed by atoms with E-state index in [2.05, 4.69) is 16.0 Å². The second kappa shape index (κ2) is 9.65. The Kier molecular flexibility index (Phi) is 7.25. The number of aliphatic hydroxyl groups excluding tert-OH is 1. The van der Waals surface area contributed by atoms with E-state index >= 15 is 0 Å². The third kappa shape index (κ3) is 5.37. The van der Waals surface area contributed by atoms with Crippen LogP contribution in [0.2, 0.25) is 0 Å². The van der Waals surface area contributed by atoms with E-state index in [1.54, 1.807) is 36.4 Å². The molecule has 0 unspecified atom stereocenters. The summed E-state index contributed by atoms with van der Waals surface area (Å²) in [6.07, 6.45) is 0.478. The first-order valence-electron chi connectivity index (χ1n) is 8.19. The van der Waals surface area contributed by atoms with Crippen LogP contribution >= 0.6 is 12.2 Å². The lowest BCUT2D eigenvalue weighted by molar-refractivity contribution is 0.0950. The summed E-state index contributed by atoms with van der Waals surface area (Å²) in [5.74, 6) is -0.597. The Bertz CT molecular complexity index is 808. The number of nitrogens with one attached hydrogen (secondary N) is 3. The van der Waals surface area contributed by atoms with Gasteiger partial charge in [-0.25, -0.2) is 0 Å². The van der Waals surface area contributed by atoms with Crippen molar-refractivity contribution in [3.63, 3.8) is 0 Å². The predicted octanol–water partition coefficient (Wildman–Crippen LogP) is 2.23. The minimum absolute atomic E-state index is 0.00912. The number of rotatable bonds is 6. The fraction of sp³-hybridized carbons (Fsp3) is 0.211. The van der Waals surface area contributed by atoms with Crippen molar-refractivity contribution in [1.29, 1.82) is 0 Å². The first kappa shape index (κ1) is 19.6. The third-order valence-electron chi connectivity index (χ3n) is 3.66. The topological polar surface area (TPSA) is 90.5 Å². The van der Waals surface area contributed by atoms with Crippen LogP contribution in [0.3, 0.4) is 0 Å². The van der Waals surface area contributed by atoms with Gasteiger partial charge in [0.2, 0.25) is 0 Å². The van der Waals surface area contributed by atoms with Gasteiger partial charge in [0, 0.05) is 18.7 Å². The van der Waals surface area contributed by atoms with Crippen LogP contribution in [0, 0.1) is 6.92 Å². The fourth-order valence-corrected chi connectivity index (χ4v) is 2.52. The smallest absolute Gasteiger partial charge is 0.257 e. The van der Waals surface area contributed by atoms with E-state index < -0.39 is 0 Å². The van der Waals surface area contributed by atoms with Crippen LogP contribution in [-0.2, 0) is 0 Å². The number of amides is 2. The first-order chi connectivity index (χ1) is 12.5. The zero-order chi connectivity index (χ0) is 18.9. The van der Waals surface area contributed by atoms with Crippen LogP contribution in [0.5, 0.6) is 0 Å².